The summed E-state index contributed by atoms with van der Waals surface area (Å²) in [6.07, 6.45) is 2.93. The number of hydrogen-bond donors (Lipinski definition) is 2. The highest BCUT2D eigenvalue weighted by Crippen LogP contribution is 2.58. The zero-order chi connectivity index (χ0) is 17.5. The Labute approximate surface area is 149 Å². The molecule has 2 aromatic carbocycles. The van der Waals surface area contributed by atoms with Crippen LogP contribution in [0.5, 0.6) is 0 Å². The number of benzene rings is 2. The van der Waals surface area contributed by atoms with Crippen molar-refractivity contribution in [2.45, 2.75) is 50.1 Å². The lowest BCUT2D eigenvalue weighted by atomic mass is 9.61. The van der Waals surface area contributed by atoms with E-state index in [4.69, 9.17) is 4.74 Å². The fourth-order valence-corrected chi connectivity index (χ4v) is 4.87. The lowest BCUT2D eigenvalue weighted by Gasteiger charge is -2.57. The summed E-state index contributed by atoms with van der Waals surface area (Å²) in [5.74, 6) is -1.76. The predicted octanol–water partition coefficient (Wildman–Crippen LogP) is 4.16. The van der Waals surface area contributed by atoms with Crippen molar-refractivity contribution in [3.05, 3.63) is 71.8 Å². The van der Waals surface area contributed by atoms with Crippen LogP contribution in [0.1, 0.15) is 49.8 Å². The highest BCUT2D eigenvalue weighted by molar-refractivity contribution is 5.30. The molecule has 3 heteroatoms. The van der Waals surface area contributed by atoms with Crippen LogP contribution in [0.4, 0.5) is 0 Å². The lowest BCUT2D eigenvalue weighted by Crippen LogP contribution is -2.62. The summed E-state index contributed by atoms with van der Waals surface area (Å²) >= 11 is 0. The summed E-state index contributed by atoms with van der Waals surface area (Å²) in [5, 5.41) is 23.3. The molecule has 5 atom stereocenters. The molecule has 2 aromatic rings. The van der Waals surface area contributed by atoms with Crippen molar-refractivity contribution in [3.8, 4) is 0 Å². The van der Waals surface area contributed by atoms with Crippen LogP contribution in [0.3, 0.4) is 0 Å². The number of hydrogen-bond acceptors (Lipinski definition) is 3. The van der Waals surface area contributed by atoms with Crippen LogP contribution in [0, 0.1) is 11.8 Å². The number of rotatable bonds is 2. The van der Waals surface area contributed by atoms with Gasteiger partial charge in [0.2, 0.25) is 0 Å². The van der Waals surface area contributed by atoms with Crippen molar-refractivity contribution in [1.82, 2.24) is 0 Å². The van der Waals surface area contributed by atoms with E-state index in [1.807, 2.05) is 67.6 Å². The monoisotopic (exact) mass is 338 g/mol. The van der Waals surface area contributed by atoms with Crippen LogP contribution < -0.4 is 0 Å². The minimum Gasteiger partial charge on any atom is -0.384 e. The van der Waals surface area contributed by atoms with E-state index < -0.39 is 11.4 Å². The van der Waals surface area contributed by atoms with Crippen molar-refractivity contribution >= 4 is 0 Å². The molecule has 1 aliphatic heterocycles. The van der Waals surface area contributed by atoms with Crippen LogP contribution >= 0.6 is 0 Å². The average molecular weight is 338 g/mol. The van der Waals surface area contributed by atoms with Gasteiger partial charge in [0.05, 0.1) is 6.10 Å². The van der Waals surface area contributed by atoms with Gasteiger partial charge in [-0.2, -0.15) is 0 Å². The van der Waals surface area contributed by atoms with Gasteiger partial charge in [0.25, 0.3) is 0 Å². The molecular weight excluding hydrogens is 312 g/mol. The fraction of sp³-hybridized carbons (Fsp3) is 0.455. The third kappa shape index (κ3) is 2.62. The van der Waals surface area contributed by atoms with Crippen LogP contribution in [0.15, 0.2) is 60.7 Å². The first-order chi connectivity index (χ1) is 12.1. The maximum Gasteiger partial charge on any atom is 0.172 e. The van der Waals surface area contributed by atoms with E-state index in [2.05, 4.69) is 0 Å². The summed E-state index contributed by atoms with van der Waals surface area (Å²) in [7, 11) is 0. The number of fused-ring (bicyclic) bond motifs is 1. The molecule has 0 aromatic heterocycles. The van der Waals surface area contributed by atoms with E-state index in [1.54, 1.807) is 0 Å². The van der Waals surface area contributed by atoms with Gasteiger partial charge < -0.3 is 14.9 Å². The minimum absolute atomic E-state index is 0.166. The molecule has 1 heterocycles. The van der Waals surface area contributed by atoms with E-state index in [9.17, 15) is 10.2 Å². The van der Waals surface area contributed by atoms with Crippen molar-refractivity contribution in [2.75, 3.05) is 0 Å². The van der Waals surface area contributed by atoms with Crippen LogP contribution in [0.2, 0.25) is 0 Å². The first-order valence-corrected chi connectivity index (χ1v) is 9.29. The SMILES string of the molecule is C[C@@H]1[C@@H](c2ccccc2)O[C@@]2(O)CCCC[C@@H]2[C@@]1(O)c1ccccc1. The Morgan fingerprint density at radius 2 is 1.56 bits per heavy atom. The summed E-state index contributed by atoms with van der Waals surface area (Å²) in [6.45, 7) is 2.04. The van der Waals surface area contributed by atoms with Crippen LogP contribution in [-0.2, 0) is 10.3 Å². The van der Waals surface area contributed by atoms with Crippen LogP contribution in [0.25, 0.3) is 0 Å². The fourth-order valence-electron chi connectivity index (χ4n) is 4.87. The molecule has 4 rings (SSSR count). The summed E-state index contributed by atoms with van der Waals surface area (Å²) < 4.78 is 6.29. The Hall–Kier alpha value is -1.68. The van der Waals surface area contributed by atoms with Gasteiger partial charge in [-0.25, -0.2) is 0 Å². The Morgan fingerprint density at radius 3 is 2.24 bits per heavy atom. The molecule has 25 heavy (non-hydrogen) atoms. The van der Waals surface area contributed by atoms with Gasteiger partial charge >= 0.3 is 0 Å². The van der Waals surface area contributed by atoms with Gasteiger partial charge in [-0.05, 0) is 24.0 Å². The number of aliphatic hydroxyl groups is 2. The Morgan fingerprint density at radius 1 is 0.920 bits per heavy atom. The van der Waals surface area contributed by atoms with Crippen molar-refractivity contribution in [2.24, 2.45) is 11.8 Å². The Balaban J connectivity index is 1.84. The zero-order valence-electron chi connectivity index (χ0n) is 14.6. The molecule has 1 aliphatic carbocycles. The molecule has 2 N–H and O–H groups in total. The lowest BCUT2D eigenvalue weighted by molar-refractivity contribution is -0.364. The van der Waals surface area contributed by atoms with E-state index in [0.717, 1.165) is 30.4 Å². The van der Waals surface area contributed by atoms with Crippen molar-refractivity contribution in [1.29, 1.82) is 0 Å². The Kier molecular flexibility index (Phi) is 4.19. The summed E-state index contributed by atoms with van der Waals surface area (Å²) in [6, 6.07) is 19.8. The normalized spacial score (nSPS) is 38.1. The molecule has 0 radical (unpaired) electrons. The molecule has 0 spiro atoms. The molecule has 0 bridgehead atoms. The molecule has 0 amide bonds. The molecule has 3 nitrogen and oxygen atoms in total. The molecular formula is C22H26O3. The first-order valence-electron chi connectivity index (χ1n) is 9.29. The molecule has 132 valence electrons. The second-order valence-electron chi connectivity index (χ2n) is 7.57. The third-order valence-electron chi connectivity index (χ3n) is 6.20. The van der Waals surface area contributed by atoms with Gasteiger partial charge in [0, 0.05) is 18.3 Å². The predicted molar refractivity (Wildman–Crippen MR) is 96.7 cm³/mol. The molecule has 1 saturated heterocycles. The maximum absolute atomic E-state index is 12.0. The minimum atomic E-state index is -1.28. The second-order valence-corrected chi connectivity index (χ2v) is 7.57. The smallest absolute Gasteiger partial charge is 0.172 e. The van der Waals surface area contributed by atoms with Crippen LogP contribution in [-0.4, -0.2) is 16.0 Å². The number of ether oxygens (including phenoxy) is 1. The zero-order valence-corrected chi connectivity index (χ0v) is 14.6. The van der Waals surface area contributed by atoms with Gasteiger partial charge in [-0.15, -0.1) is 0 Å². The Bertz CT molecular complexity index is 717. The van der Waals surface area contributed by atoms with E-state index >= 15 is 0 Å². The maximum atomic E-state index is 12.0. The van der Waals surface area contributed by atoms with Crippen molar-refractivity contribution in [3.63, 3.8) is 0 Å². The highest BCUT2D eigenvalue weighted by atomic mass is 16.6. The molecule has 2 fully saturated rings. The molecule has 1 saturated carbocycles. The average Bonchev–Trinajstić information content (AvgIpc) is 2.66. The van der Waals surface area contributed by atoms with Gasteiger partial charge in [0.15, 0.2) is 5.79 Å². The summed E-state index contributed by atoms with van der Waals surface area (Å²) in [4.78, 5) is 0. The van der Waals surface area contributed by atoms with Gasteiger partial charge in [-0.1, -0.05) is 74.0 Å². The van der Waals surface area contributed by atoms with Gasteiger partial charge in [0.1, 0.15) is 5.60 Å². The van der Waals surface area contributed by atoms with E-state index in [0.29, 0.717) is 6.42 Å². The molecule has 0 unspecified atom stereocenters. The van der Waals surface area contributed by atoms with E-state index in [1.165, 1.54) is 0 Å². The highest BCUT2D eigenvalue weighted by Gasteiger charge is 2.61. The van der Waals surface area contributed by atoms with E-state index in [-0.39, 0.29) is 17.9 Å². The summed E-state index contributed by atoms with van der Waals surface area (Å²) in [5.41, 5.74) is 0.758. The molecule has 2 aliphatic rings. The first kappa shape index (κ1) is 16.8. The van der Waals surface area contributed by atoms with Crippen molar-refractivity contribution < 1.29 is 14.9 Å². The second kappa shape index (κ2) is 6.24. The quantitative estimate of drug-likeness (QED) is 0.864. The third-order valence-corrected chi connectivity index (χ3v) is 6.20. The van der Waals surface area contributed by atoms with Gasteiger partial charge in [-0.3, -0.25) is 0 Å². The standard InChI is InChI=1S/C22H26O3/c1-16-20(17-10-4-2-5-11-17)25-21(23)15-9-8-14-19(21)22(16,24)18-12-6-3-7-13-18/h2-7,10-13,16,19-20,23-24H,8-9,14-15H2,1H3/t16-,19+,20+,21+,22+/m1/s1. The topological polar surface area (TPSA) is 49.7 Å². The largest absolute Gasteiger partial charge is 0.384 e.